The maximum atomic E-state index is 12.8. The third kappa shape index (κ3) is 3.88. The number of ether oxygens (including phenoxy) is 1. The Hall–Kier alpha value is -2.33. The second kappa shape index (κ2) is 8.62. The molecule has 2 aromatic rings. The molecule has 0 amide bonds. The fourth-order valence-electron chi connectivity index (χ4n) is 6.54. The van der Waals surface area contributed by atoms with Gasteiger partial charge in [-0.05, 0) is 55.4 Å². The Kier molecular flexibility index (Phi) is 5.47. The van der Waals surface area contributed by atoms with Gasteiger partial charge in [0.15, 0.2) is 0 Å². The van der Waals surface area contributed by atoms with Gasteiger partial charge in [0, 0.05) is 55.9 Å². The summed E-state index contributed by atoms with van der Waals surface area (Å²) in [6, 6.07) is 6.92. The molecule has 3 atom stereocenters. The summed E-state index contributed by atoms with van der Waals surface area (Å²) in [7, 11) is -1.18. The molecule has 0 bridgehead atoms. The molecular formula is C26H31F2N5O2S. The van der Waals surface area contributed by atoms with Crippen LogP contribution >= 0.6 is 0 Å². The number of anilines is 3. The van der Waals surface area contributed by atoms with E-state index < -0.39 is 22.9 Å². The van der Waals surface area contributed by atoms with Crippen LogP contribution in [0.25, 0.3) is 0 Å². The average molecular weight is 516 g/mol. The average Bonchev–Trinajstić information content (AvgIpc) is 3.49. The third-order valence-corrected chi connectivity index (χ3v) is 10.3. The summed E-state index contributed by atoms with van der Waals surface area (Å²) >= 11 is 0. The first-order chi connectivity index (χ1) is 17.5. The molecule has 7 nitrogen and oxygen atoms in total. The van der Waals surface area contributed by atoms with Gasteiger partial charge in [-0.25, -0.2) is 4.98 Å². The zero-order valence-electron chi connectivity index (χ0n) is 20.2. The molecule has 0 spiro atoms. The lowest BCUT2D eigenvalue weighted by atomic mass is 9.77. The number of aromatic nitrogens is 2. The Morgan fingerprint density at radius 3 is 2.44 bits per heavy atom. The molecule has 1 aromatic carbocycles. The highest BCUT2D eigenvalue weighted by atomic mass is 32.2. The summed E-state index contributed by atoms with van der Waals surface area (Å²) in [5.41, 5.74) is 4.58. The number of halogens is 2. The van der Waals surface area contributed by atoms with Crippen molar-refractivity contribution in [2.75, 3.05) is 53.7 Å². The van der Waals surface area contributed by atoms with Crippen LogP contribution in [-0.2, 0) is 34.8 Å². The van der Waals surface area contributed by atoms with Gasteiger partial charge in [0.05, 0.1) is 28.6 Å². The Morgan fingerprint density at radius 1 is 1.06 bits per heavy atom. The Bertz CT molecular complexity index is 1210. The largest absolute Gasteiger partial charge is 0.371 e. The van der Waals surface area contributed by atoms with Crippen LogP contribution in [-0.4, -0.2) is 64.9 Å². The zero-order chi connectivity index (χ0) is 24.4. The lowest BCUT2D eigenvalue weighted by Gasteiger charge is -2.42. The molecule has 2 aliphatic carbocycles. The molecule has 3 aliphatic heterocycles. The van der Waals surface area contributed by atoms with Crippen LogP contribution < -0.4 is 15.1 Å². The minimum Gasteiger partial charge on any atom is -0.371 e. The highest BCUT2D eigenvalue weighted by molar-refractivity contribution is 7.85. The number of nitrogens with zero attached hydrogens (tertiary/aromatic N) is 4. The number of hydrogen-bond acceptors (Lipinski definition) is 7. The van der Waals surface area contributed by atoms with E-state index in [1.807, 2.05) is 0 Å². The maximum absolute atomic E-state index is 12.8. The predicted molar refractivity (Wildman–Crippen MR) is 134 cm³/mol. The quantitative estimate of drug-likeness (QED) is 0.606. The standard InChI is InChI=1S/C26H31F2N5O2S/c27-24(28)35-15-26(7-1-8-26)31-23-22-21(6-9-36(22)34)29-25(30-23)33-13-18-11-32(12-19(18)14-33)20-5-4-16-2-3-17(16)10-20/h4-5,10,18-19,24H,1-3,6-9,11-15H2,(H,29,30,31)/t18-,19+,36-/m0/s1. The highest BCUT2D eigenvalue weighted by Crippen LogP contribution is 2.41. The van der Waals surface area contributed by atoms with Gasteiger partial charge in [0.25, 0.3) is 0 Å². The van der Waals surface area contributed by atoms with Crippen molar-refractivity contribution in [2.45, 2.75) is 55.6 Å². The molecule has 1 N–H and O–H groups in total. The monoisotopic (exact) mass is 515 g/mol. The lowest BCUT2D eigenvalue weighted by molar-refractivity contribution is -0.145. The number of rotatable bonds is 7. The molecular weight excluding hydrogens is 484 g/mol. The maximum Gasteiger partial charge on any atom is 0.345 e. The van der Waals surface area contributed by atoms with Gasteiger partial charge in [-0.2, -0.15) is 13.8 Å². The van der Waals surface area contributed by atoms with E-state index >= 15 is 0 Å². The normalized spacial score (nSPS) is 27.5. The molecule has 4 heterocycles. The van der Waals surface area contributed by atoms with Crippen LogP contribution in [0.5, 0.6) is 0 Å². The Morgan fingerprint density at radius 2 is 1.81 bits per heavy atom. The molecule has 10 heteroatoms. The second-order valence-corrected chi connectivity index (χ2v) is 12.6. The summed E-state index contributed by atoms with van der Waals surface area (Å²) < 4.78 is 43.0. The predicted octanol–water partition coefficient (Wildman–Crippen LogP) is 3.39. The van der Waals surface area contributed by atoms with Crippen molar-refractivity contribution in [3.63, 3.8) is 0 Å². The molecule has 36 heavy (non-hydrogen) atoms. The van der Waals surface area contributed by atoms with Crippen molar-refractivity contribution in [2.24, 2.45) is 11.8 Å². The van der Waals surface area contributed by atoms with Crippen molar-refractivity contribution < 1.29 is 17.7 Å². The zero-order valence-corrected chi connectivity index (χ0v) is 21.0. The molecule has 3 fully saturated rings. The number of nitrogens with one attached hydrogen (secondary N) is 1. The number of fused-ring (bicyclic) bond motifs is 3. The van der Waals surface area contributed by atoms with Crippen molar-refractivity contribution in [1.82, 2.24) is 9.97 Å². The van der Waals surface area contributed by atoms with Gasteiger partial charge in [-0.15, -0.1) is 0 Å². The van der Waals surface area contributed by atoms with E-state index in [1.165, 1.54) is 29.7 Å². The molecule has 2 saturated heterocycles. The van der Waals surface area contributed by atoms with Crippen LogP contribution in [0.15, 0.2) is 23.1 Å². The van der Waals surface area contributed by atoms with Crippen molar-refractivity contribution >= 4 is 28.3 Å². The first-order valence-corrected chi connectivity index (χ1v) is 14.4. The van der Waals surface area contributed by atoms with E-state index in [0.717, 1.165) is 51.1 Å². The fraction of sp³-hybridized carbons (Fsp3) is 0.615. The fourth-order valence-corrected chi connectivity index (χ4v) is 7.84. The first kappa shape index (κ1) is 22.8. The lowest BCUT2D eigenvalue weighted by Crippen LogP contribution is -2.50. The van der Waals surface area contributed by atoms with Crippen LogP contribution in [0.3, 0.4) is 0 Å². The van der Waals surface area contributed by atoms with Crippen molar-refractivity contribution in [1.29, 1.82) is 0 Å². The topological polar surface area (TPSA) is 70.6 Å². The molecule has 1 aromatic heterocycles. The summed E-state index contributed by atoms with van der Waals surface area (Å²) in [4.78, 5) is 15.1. The SMILES string of the molecule is O=[S@]1CCc2nc(N3C[C@H]4CN(c5ccc6c(c5)CC6)C[C@H]4C3)nc(NC3(COC(F)F)CCC3)c21. The smallest absolute Gasteiger partial charge is 0.345 e. The number of alkyl halides is 2. The van der Waals surface area contributed by atoms with Gasteiger partial charge in [0.2, 0.25) is 5.95 Å². The van der Waals surface area contributed by atoms with Gasteiger partial charge in [-0.3, -0.25) is 4.21 Å². The number of hydrogen-bond donors (Lipinski definition) is 1. The summed E-state index contributed by atoms with van der Waals surface area (Å²) in [6.45, 7) is 0.973. The van der Waals surface area contributed by atoms with E-state index in [2.05, 4.69) is 38.1 Å². The van der Waals surface area contributed by atoms with Gasteiger partial charge >= 0.3 is 6.61 Å². The number of aryl methyl sites for hydroxylation is 3. The molecule has 192 valence electrons. The van der Waals surface area contributed by atoms with E-state index in [4.69, 9.17) is 9.97 Å². The van der Waals surface area contributed by atoms with Crippen LogP contribution in [0.2, 0.25) is 0 Å². The van der Waals surface area contributed by atoms with E-state index in [9.17, 15) is 13.0 Å². The van der Waals surface area contributed by atoms with E-state index in [-0.39, 0.29) is 6.61 Å². The molecule has 5 aliphatic rings. The third-order valence-electron chi connectivity index (χ3n) is 8.84. The highest BCUT2D eigenvalue weighted by Gasteiger charge is 2.43. The van der Waals surface area contributed by atoms with E-state index in [1.54, 1.807) is 0 Å². The first-order valence-electron chi connectivity index (χ1n) is 13.1. The minimum atomic E-state index is -2.80. The van der Waals surface area contributed by atoms with Gasteiger partial charge in [-0.1, -0.05) is 6.07 Å². The van der Waals surface area contributed by atoms with E-state index in [0.29, 0.717) is 40.7 Å². The summed E-state index contributed by atoms with van der Waals surface area (Å²) in [5.74, 6) is 2.85. The summed E-state index contributed by atoms with van der Waals surface area (Å²) in [5, 5.41) is 3.40. The Balaban J connectivity index is 1.10. The summed E-state index contributed by atoms with van der Waals surface area (Å²) in [6.07, 6.45) is 5.46. The van der Waals surface area contributed by atoms with Crippen LogP contribution in [0.1, 0.15) is 36.1 Å². The molecule has 1 saturated carbocycles. The molecule has 7 rings (SSSR count). The van der Waals surface area contributed by atoms with Crippen molar-refractivity contribution in [3.8, 4) is 0 Å². The van der Waals surface area contributed by atoms with Crippen molar-refractivity contribution in [3.05, 3.63) is 35.0 Å². The second-order valence-electron chi connectivity index (χ2n) is 11.1. The molecule has 0 radical (unpaired) electrons. The van der Waals surface area contributed by atoms with Gasteiger partial charge in [0.1, 0.15) is 10.7 Å². The Labute approximate surface area is 212 Å². The van der Waals surface area contributed by atoms with Crippen LogP contribution in [0.4, 0.5) is 26.2 Å². The number of benzene rings is 1. The minimum absolute atomic E-state index is 0.0855. The molecule has 0 unspecified atom stereocenters. The van der Waals surface area contributed by atoms with Crippen LogP contribution in [0, 0.1) is 11.8 Å². The van der Waals surface area contributed by atoms with Gasteiger partial charge < -0.3 is 19.9 Å².